The van der Waals surface area contributed by atoms with Crippen LogP contribution in [0.1, 0.15) is 34.1 Å². The fourth-order valence-electron chi connectivity index (χ4n) is 3.82. The molecule has 1 aromatic heterocycles. The van der Waals surface area contributed by atoms with Gasteiger partial charge in [0.1, 0.15) is 11.4 Å². The molecule has 0 aliphatic carbocycles. The highest BCUT2D eigenvalue weighted by Crippen LogP contribution is 2.44. The predicted octanol–water partition coefficient (Wildman–Crippen LogP) is 4.32. The van der Waals surface area contributed by atoms with E-state index in [1.165, 1.54) is 0 Å². The number of amides is 1. The number of carbonyl (C=O) groups excluding carboxylic acids is 1. The fourth-order valence-corrected chi connectivity index (χ4v) is 4.06. The molecule has 0 fully saturated rings. The van der Waals surface area contributed by atoms with Crippen molar-refractivity contribution < 1.29 is 14.3 Å². The lowest BCUT2D eigenvalue weighted by Crippen LogP contribution is -2.31. The number of ether oxygens (including phenoxy) is 2. The van der Waals surface area contributed by atoms with Gasteiger partial charge in [-0.1, -0.05) is 41.9 Å². The first-order valence-electron chi connectivity index (χ1n) is 9.42. The first-order valence-corrected chi connectivity index (χ1v) is 9.80. The van der Waals surface area contributed by atoms with Gasteiger partial charge >= 0.3 is 0 Å². The number of methoxy groups -OCH3 is 2. The maximum atomic E-state index is 13.2. The van der Waals surface area contributed by atoms with Crippen molar-refractivity contribution in [3.63, 3.8) is 0 Å². The van der Waals surface area contributed by atoms with Crippen molar-refractivity contribution >= 4 is 17.5 Å². The van der Waals surface area contributed by atoms with Gasteiger partial charge in [0, 0.05) is 36.4 Å². The quantitative estimate of drug-likeness (QED) is 0.588. The minimum absolute atomic E-state index is 0.0809. The second kappa shape index (κ2) is 8.27. The van der Waals surface area contributed by atoms with Crippen molar-refractivity contribution in [1.82, 2.24) is 15.1 Å². The average Bonchev–Trinajstić information content (AvgIpc) is 3.28. The standard InChI is InChI=1S/C22H22ClN3O3/c1-28-12-6-11-26-21(16-9-3-4-10-17(16)23)18-19(24-25-20(18)22(26)27)14-7-5-8-15(13-14)29-2/h3-5,7-10,13,21H,6,11-12H2,1-2H3,(H,24,25). The highest BCUT2D eigenvalue weighted by Gasteiger charge is 2.42. The molecule has 2 heterocycles. The van der Waals surface area contributed by atoms with E-state index in [1.807, 2.05) is 53.4 Å². The topological polar surface area (TPSA) is 67.5 Å². The summed E-state index contributed by atoms with van der Waals surface area (Å²) in [5.41, 5.74) is 3.83. The zero-order chi connectivity index (χ0) is 20.4. The number of H-pyrrole nitrogens is 1. The van der Waals surface area contributed by atoms with E-state index in [1.54, 1.807) is 14.2 Å². The van der Waals surface area contributed by atoms with Gasteiger partial charge in [-0.2, -0.15) is 5.10 Å². The molecule has 0 saturated heterocycles. The summed E-state index contributed by atoms with van der Waals surface area (Å²) in [6.45, 7) is 1.14. The summed E-state index contributed by atoms with van der Waals surface area (Å²) < 4.78 is 10.5. The molecule has 6 nitrogen and oxygen atoms in total. The molecule has 1 amide bonds. The summed E-state index contributed by atoms with van der Waals surface area (Å²) in [5.74, 6) is 0.650. The second-order valence-corrected chi connectivity index (χ2v) is 7.27. The minimum Gasteiger partial charge on any atom is -0.497 e. The van der Waals surface area contributed by atoms with E-state index in [9.17, 15) is 4.79 Å². The van der Waals surface area contributed by atoms with E-state index in [2.05, 4.69) is 10.2 Å². The lowest BCUT2D eigenvalue weighted by atomic mass is 9.96. The number of hydrogen-bond acceptors (Lipinski definition) is 4. The molecule has 0 spiro atoms. The largest absolute Gasteiger partial charge is 0.497 e. The predicted molar refractivity (Wildman–Crippen MR) is 111 cm³/mol. The third-order valence-electron chi connectivity index (χ3n) is 5.15. The Bertz CT molecular complexity index is 1030. The Morgan fingerprint density at radius 1 is 1.17 bits per heavy atom. The molecular weight excluding hydrogens is 390 g/mol. The number of carbonyl (C=O) groups is 1. The zero-order valence-corrected chi connectivity index (χ0v) is 17.1. The molecule has 0 radical (unpaired) electrons. The van der Waals surface area contributed by atoms with E-state index >= 15 is 0 Å². The summed E-state index contributed by atoms with van der Waals surface area (Å²) in [5, 5.41) is 8.05. The zero-order valence-electron chi connectivity index (χ0n) is 16.3. The third kappa shape index (κ3) is 3.50. The molecule has 1 atom stereocenters. The summed E-state index contributed by atoms with van der Waals surface area (Å²) >= 11 is 6.54. The molecule has 0 saturated carbocycles. The molecule has 4 rings (SSSR count). The molecule has 7 heteroatoms. The Morgan fingerprint density at radius 3 is 2.76 bits per heavy atom. The van der Waals surface area contributed by atoms with Crippen LogP contribution in [0.2, 0.25) is 5.02 Å². The van der Waals surface area contributed by atoms with Gasteiger partial charge in [0.05, 0.1) is 18.8 Å². The molecule has 1 aliphatic rings. The van der Waals surface area contributed by atoms with Crippen LogP contribution >= 0.6 is 11.6 Å². The van der Waals surface area contributed by atoms with E-state index in [0.29, 0.717) is 23.9 Å². The van der Waals surface area contributed by atoms with Crippen LogP contribution < -0.4 is 4.74 Å². The molecule has 29 heavy (non-hydrogen) atoms. The Kier molecular flexibility index (Phi) is 5.56. The lowest BCUT2D eigenvalue weighted by molar-refractivity contribution is 0.0723. The summed E-state index contributed by atoms with van der Waals surface area (Å²) in [4.78, 5) is 15.0. The minimum atomic E-state index is -0.317. The van der Waals surface area contributed by atoms with Crippen molar-refractivity contribution in [2.75, 3.05) is 27.4 Å². The van der Waals surface area contributed by atoms with Crippen molar-refractivity contribution in [3.8, 4) is 17.0 Å². The van der Waals surface area contributed by atoms with Gasteiger partial charge in [0.2, 0.25) is 0 Å². The lowest BCUT2D eigenvalue weighted by Gasteiger charge is -2.27. The smallest absolute Gasteiger partial charge is 0.273 e. The van der Waals surface area contributed by atoms with Crippen LogP contribution in [0.4, 0.5) is 0 Å². The average molecular weight is 412 g/mol. The molecule has 2 aromatic carbocycles. The summed E-state index contributed by atoms with van der Waals surface area (Å²) in [7, 11) is 3.28. The first kappa shape index (κ1) is 19.5. The summed E-state index contributed by atoms with van der Waals surface area (Å²) in [6.07, 6.45) is 0.732. The number of aromatic nitrogens is 2. The van der Waals surface area contributed by atoms with Gasteiger partial charge in [-0.25, -0.2) is 0 Å². The number of nitrogens with zero attached hydrogens (tertiary/aromatic N) is 2. The number of benzene rings is 2. The monoisotopic (exact) mass is 411 g/mol. The Hall–Kier alpha value is -2.83. The molecule has 0 bridgehead atoms. The van der Waals surface area contributed by atoms with Gasteiger partial charge in [-0.15, -0.1) is 0 Å². The van der Waals surface area contributed by atoms with Crippen molar-refractivity contribution in [3.05, 3.63) is 70.4 Å². The highest BCUT2D eigenvalue weighted by molar-refractivity contribution is 6.31. The van der Waals surface area contributed by atoms with Crippen LogP contribution in [0, 0.1) is 0 Å². The normalized spacial score (nSPS) is 15.6. The van der Waals surface area contributed by atoms with Gasteiger partial charge in [0.15, 0.2) is 0 Å². The molecular formula is C22H22ClN3O3. The molecule has 1 N–H and O–H groups in total. The number of aromatic amines is 1. The maximum Gasteiger partial charge on any atom is 0.273 e. The maximum absolute atomic E-state index is 13.2. The van der Waals surface area contributed by atoms with Crippen molar-refractivity contribution in [2.45, 2.75) is 12.5 Å². The van der Waals surface area contributed by atoms with Crippen LogP contribution in [-0.2, 0) is 4.74 Å². The summed E-state index contributed by atoms with van der Waals surface area (Å²) in [6, 6.07) is 15.0. The van der Waals surface area contributed by atoms with Crippen LogP contribution in [0.3, 0.4) is 0 Å². The first-order chi connectivity index (χ1) is 14.2. The SMILES string of the molecule is COCCCN1C(=O)c2[nH]nc(-c3cccc(OC)c3)c2C1c1ccccc1Cl. The highest BCUT2D eigenvalue weighted by atomic mass is 35.5. The van der Waals surface area contributed by atoms with Crippen LogP contribution in [0.25, 0.3) is 11.3 Å². The van der Waals surface area contributed by atoms with Gasteiger partial charge in [-0.3, -0.25) is 9.89 Å². The second-order valence-electron chi connectivity index (χ2n) is 6.86. The number of rotatable bonds is 7. The van der Waals surface area contributed by atoms with Gasteiger partial charge in [-0.05, 0) is 30.2 Å². The number of fused-ring (bicyclic) bond motifs is 1. The molecule has 150 valence electrons. The van der Waals surface area contributed by atoms with Crippen molar-refractivity contribution in [2.24, 2.45) is 0 Å². The van der Waals surface area contributed by atoms with Gasteiger partial charge < -0.3 is 14.4 Å². The van der Waals surface area contributed by atoms with Gasteiger partial charge in [0.25, 0.3) is 5.91 Å². The van der Waals surface area contributed by atoms with E-state index in [4.69, 9.17) is 21.1 Å². The Labute approximate surface area is 174 Å². The molecule has 1 aliphatic heterocycles. The van der Waals surface area contributed by atoms with Crippen molar-refractivity contribution in [1.29, 1.82) is 0 Å². The fraction of sp³-hybridized carbons (Fsp3) is 0.273. The molecule has 3 aromatic rings. The Balaban J connectivity index is 1.84. The third-order valence-corrected chi connectivity index (χ3v) is 5.50. The Morgan fingerprint density at radius 2 is 2.00 bits per heavy atom. The van der Waals surface area contributed by atoms with E-state index < -0.39 is 0 Å². The van der Waals surface area contributed by atoms with Crippen LogP contribution in [0.5, 0.6) is 5.75 Å². The van der Waals surface area contributed by atoms with Crippen LogP contribution in [0.15, 0.2) is 48.5 Å². The van der Waals surface area contributed by atoms with Crippen LogP contribution in [-0.4, -0.2) is 48.4 Å². The van der Waals surface area contributed by atoms with E-state index in [-0.39, 0.29) is 11.9 Å². The van der Waals surface area contributed by atoms with E-state index in [0.717, 1.165) is 34.6 Å². The molecule has 1 unspecified atom stereocenters. The number of nitrogens with one attached hydrogen (secondary N) is 1. The number of halogens is 1. The number of hydrogen-bond donors (Lipinski definition) is 1.